The van der Waals surface area contributed by atoms with Crippen molar-refractivity contribution in [3.63, 3.8) is 0 Å². The van der Waals surface area contributed by atoms with Gasteiger partial charge in [0.25, 0.3) is 11.8 Å². The number of hydrogen-bond donors (Lipinski definition) is 2. The van der Waals surface area contributed by atoms with Crippen molar-refractivity contribution in [1.82, 2.24) is 9.80 Å². The van der Waals surface area contributed by atoms with Gasteiger partial charge in [-0.2, -0.15) is 0 Å². The van der Waals surface area contributed by atoms with E-state index in [9.17, 15) is 14.4 Å². The lowest BCUT2D eigenvalue weighted by molar-refractivity contribution is -0.118. The first-order valence-electron chi connectivity index (χ1n) is 14.1. The van der Waals surface area contributed by atoms with E-state index in [0.717, 1.165) is 35.5 Å². The number of nitrogens with one attached hydrogen (secondary N) is 2. The maximum Gasteiger partial charge on any atom is 0.258 e. The molecule has 1 heterocycles. The Balaban J connectivity index is 1.68. The lowest BCUT2D eigenvalue weighted by Crippen LogP contribution is -2.32. The van der Waals surface area contributed by atoms with Crippen LogP contribution in [0.4, 0.5) is 17.1 Å². The Morgan fingerprint density at radius 3 is 2.20 bits per heavy atom. The zero-order chi connectivity index (χ0) is 29.5. The van der Waals surface area contributed by atoms with Crippen LogP contribution in [-0.4, -0.2) is 68.3 Å². The molecule has 0 saturated heterocycles. The molecule has 8 nitrogen and oxygen atoms in total. The summed E-state index contributed by atoms with van der Waals surface area (Å²) in [6.45, 7) is 5.93. The molecule has 8 heteroatoms. The molecular weight excluding hydrogens is 514 g/mol. The Morgan fingerprint density at radius 2 is 1.56 bits per heavy atom. The molecule has 0 aromatic heterocycles. The predicted molar refractivity (Wildman–Crippen MR) is 167 cm³/mol. The summed E-state index contributed by atoms with van der Waals surface area (Å²) in [5.41, 5.74) is 5.51. The molecule has 3 aromatic rings. The fourth-order valence-electron chi connectivity index (χ4n) is 4.80. The van der Waals surface area contributed by atoms with Crippen molar-refractivity contribution in [1.29, 1.82) is 0 Å². The summed E-state index contributed by atoms with van der Waals surface area (Å²) in [5.74, 6) is -0.253. The summed E-state index contributed by atoms with van der Waals surface area (Å²) >= 11 is 0. The van der Waals surface area contributed by atoms with Crippen molar-refractivity contribution in [2.45, 2.75) is 26.7 Å². The zero-order valence-corrected chi connectivity index (χ0v) is 24.5. The van der Waals surface area contributed by atoms with Crippen LogP contribution in [0.25, 0.3) is 11.3 Å². The van der Waals surface area contributed by atoms with Gasteiger partial charge in [0.1, 0.15) is 0 Å². The maximum atomic E-state index is 13.4. The molecule has 1 aliphatic rings. The second kappa shape index (κ2) is 13.3. The average molecular weight is 554 g/mol. The van der Waals surface area contributed by atoms with Crippen LogP contribution in [-0.2, 0) is 9.59 Å². The van der Waals surface area contributed by atoms with Gasteiger partial charge < -0.3 is 25.3 Å². The molecule has 0 unspecified atom stereocenters. The molecule has 3 aromatic carbocycles. The number of amides is 3. The molecule has 41 heavy (non-hydrogen) atoms. The van der Waals surface area contributed by atoms with Crippen molar-refractivity contribution in [2.24, 2.45) is 0 Å². The summed E-state index contributed by atoms with van der Waals surface area (Å²) in [5, 5.41) is 6.43. The van der Waals surface area contributed by atoms with Gasteiger partial charge in [0, 0.05) is 54.7 Å². The Bertz CT molecular complexity index is 1430. The number of rotatable bonds is 11. The molecule has 0 bridgehead atoms. The minimum Gasteiger partial charge on any atom is -0.354 e. The number of carbonyl (C=O) groups excluding carboxylic acids is 3. The number of hydrogen-bond acceptors (Lipinski definition) is 5. The van der Waals surface area contributed by atoms with E-state index in [0.29, 0.717) is 42.0 Å². The van der Waals surface area contributed by atoms with Gasteiger partial charge in [-0.15, -0.1) is 0 Å². The number of nitrogens with zero attached hydrogens (tertiary/aromatic N) is 3. The third kappa shape index (κ3) is 6.84. The standard InChI is InChI=1S/C33H39N5O3/c1-6-29(39)38(21-11-20-36(3)4)26-17-15-25(16-18-26)34-31(23-12-9-8-10-13-23)30-27-19-14-24(33(41)37(5)7-2)22-28(27)35-32(30)40/h8-10,12-19,22,34H,6-7,11,20-21H2,1-5H3,(H,35,40)/b31-30-. The molecule has 0 fully saturated rings. The molecule has 0 saturated carbocycles. The minimum atomic E-state index is -0.239. The summed E-state index contributed by atoms with van der Waals surface area (Å²) in [4.78, 5) is 44.4. The highest BCUT2D eigenvalue weighted by Gasteiger charge is 2.29. The molecule has 0 spiro atoms. The quantitative estimate of drug-likeness (QED) is 0.311. The number of carbonyl (C=O) groups is 3. The van der Waals surface area contributed by atoms with E-state index < -0.39 is 0 Å². The Labute approximate surface area is 242 Å². The largest absolute Gasteiger partial charge is 0.354 e. The van der Waals surface area contributed by atoms with Gasteiger partial charge in [-0.25, -0.2) is 0 Å². The summed E-state index contributed by atoms with van der Waals surface area (Å²) in [6, 6.07) is 22.8. The number of fused-ring (bicyclic) bond motifs is 1. The highest BCUT2D eigenvalue weighted by molar-refractivity contribution is 6.37. The van der Waals surface area contributed by atoms with Crippen molar-refractivity contribution < 1.29 is 14.4 Å². The van der Waals surface area contributed by atoms with E-state index in [1.165, 1.54) is 0 Å². The second-order valence-electron chi connectivity index (χ2n) is 10.4. The average Bonchev–Trinajstić information content (AvgIpc) is 3.32. The van der Waals surface area contributed by atoms with Gasteiger partial charge in [0.05, 0.1) is 11.3 Å². The van der Waals surface area contributed by atoms with Gasteiger partial charge in [-0.3, -0.25) is 14.4 Å². The molecule has 0 radical (unpaired) electrons. The van der Waals surface area contributed by atoms with E-state index in [1.807, 2.05) is 93.5 Å². The van der Waals surface area contributed by atoms with Crippen molar-refractivity contribution in [2.75, 3.05) is 56.3 Å². The van der Waals surface area contributed by atoms with Crippen molar-refractivity contribution in [3.05, 3.63) is 89.5 Å². The van der Waals surface area contributed by atoms with E-state index in [-0.39, 0.29) is 17.7 Å². The summed E-state index contributed by atoms with van der Waals surface area (Å²) in [6.07, 6.45) is 1.31. The smallest absolute Gasteiger partial charge is 0.258 e. The van der Waals surface area contributed by atoms with Crippen LogP contribution in [0.3, 0.4) is 0 Å². The third-order valence-corrected chi connectivity index (χ3v) is 7.18. The molecule has 0 aliphatic carbocycles. The minimum absolute atomic E-state index is 0.0822. The number of benzene rings is 3. The van der Waals surface area contributed by atoms with Crippen molar-refractivity contribution in [3.8, 4) is 0 Å². The number of anilines is 3. The van der Waals surface area contributed by atoms with Gasteiger partial charge >= 0.3 is 0 Å². The van der Waals surface area contributed by atoms with Crippen LogP contribution in [0.15, 0.2) is 72.8 Å². The second-order valence-corrected chi connectivity index (χ2v) is 10.4. The SMILES string of the molecule is CCC(=O)N(CCCN(C)C)c1ccc(N/C(=C2\C(=O)Nc3cc(C(=O)N(C)CC)ccc32)c2ccccc2)cc1. The monoisotopic (exact) mass is 553 g/mol. The van der Waals surface area contributed by atoms with Crippen molar-refractivity contribution >= 4 is 46.1 Å². The highest BCUT2D eigenvalue weighted by atomic mass is 16.2. The Kier molecular flexibility index (Phi) is 9.57. The van der Waals surface area contributed by atoms with E-state index in [1.54, 1.807) is 24.1 Å². The van der Waals surface area contributed by atoms with Gasteiger partial charge in [0.15, 0.2) is 0 Å². The molecule has 4 rings (SSSR count). The van der Waals surface area contributed by atoms with Gasteiger partial charge in [0.2, 0.25) is 5.91 Å². The highest BCUT2D eigenvalue weighted by Crippen LogP contribution is 2.38. The first-order valence-corrected chi connectivity index (χ1v) is 14.1. The fourth-order valence-corrected chi connectivity index (χ4v) is 4.80. The molecule has 1 aliphatic heterocycles. The van der Waals surface area contributed by atoms with Gasteiger partial charge in [-0.1, -0.05) is 43.3 Å². The first kappa shape index (κ1) is 29.6. The first-order chi connectivity index (χ1) is 19.7. The molecule has 2 N–H and O–H groups in total. The lowest BCUT2D eigenvalue weighted by atomic mass is 9.98. The molecule has 3 amide bonds. The zero-order valence-electron chi connectivity index (χ0n) is 24.5. The Morgan fingerprint density at radius 1 is 0.854 bits per heavy atom. The lowest BCUT2D eigenvalue weighted by Gasteiger charge is -2.24. The predicted octanol–water partition coefficient (Wildman–Crippen LogP) is 5.41. The fraction of sp³-hybridized carbons (Fsp3) is 0.303. The normalized spacial score (nSPS) is 13.5. The molecule has 0 atom stereocenters. The van der Waals surface area contributed by atoms with Crippen LogP contribution < -0.4 is 15.5 Å². The topological polar surface area (TPSA) is 85.0 Å². The van der Waals surface area contributed by atoms with Crippen LogP contribution in [0, 0.1) is 0 Å². The van der Waals surface area contributed by atoms with Crippen LogP contribution in [0.1, 0.15) is 48.2 Å². The third-order valence-electron chi connectivity index (χ3n) is 7.18. The van der Waals surface area contributed by atoms with Crippen LogP contribution in [0.2, 0.25) is 0 Å². The molecule has 214 valence electrons. The van der Waals surface area contributed by atoms with Gasteiger partial charge in [-0.05, 0) is 75.9 Å². The maximum absolute atomic E-state index is 13.4. The van der Waals surface area contributed by atoms with E-state index in [4.69, 9.17) is 0 Å². The van der Waals surface area contributed by atoms with E-state index in [2.05, 4.69) is 15.5 Å². The molecular formula is C33H39N5O3. The Hall–Kier alpha value is -4.43. The summed E-state index contributed by atoms with van der Waals surface area (Å²) < 4.78 is 0. The van der Waals surface area contributed by atoms with E-state index >= 15 is 0 Å². The van der Waals surface area contributed by atoms with Crippen LogP contribution in [0.5, 0.6) is 0 Å². The van der Waals surface area contributed by atoms with Crippen LogP contribution >= 0.6 is 0 Å². The summed E-state index contributed by atoms with van der Waals surface area (Å²) in [7, 11) is 5.80.